The number of rotatable bonds is 7. The van der Waals surface area contributed by atoms with Gasteiger partial charge in [0.15, 0.2) is 0 Å². The summed E-state index contributed by atoms with van der Waals surface area (Å²) >= 11 is 0. The summed E-state index contributed by atoms with van der Waals surface area (Å²) in [6.45, 7) is 3.30. The van der Waals surface area contributed by atoms with Gasteiger partial charge in [0.05, 0.1) is 18.0 Å². The summed E-state index contributed by atoms with van der Waals surface area (Å²) in [6, 6.07) is 18.4. The smallest absolute Gasteiger partial charge is 0.0704 e. The van der Waals surface area contributed by atoms with E-state index in [0.717, 1.165) is 22.4 Å². The van der Waals surface area contributed by atoms with Crippen molar-refractivity contribution in [3.63, 3.8) is 0 Å². The van der Waals surface area contributed by atoms with Gasteiger partial charge < -0.3 is 10.4 Å². The van der Waals surface area contributed by atoms with Crippen LogP contribution in [-0.2, 0) is 13.0 Å². The van der Waals surface area contributed by atoms with Gasteiger partial charge in [-0.1, -0.05) is 54.1 Å². The Kier molecular flexibility index (Phi) is 5.41. The molecule has 0 radical (unpaired) electrons. The maximum atomic E-state index is 10.2. The highest BCUT2D eigenvalue weighted by atomic mass is 16.3. The number of aryl methyl sites for hydroxylation is 1. The van der Waals surface area contributed by atoms with Crippen LogP contribution < -0.4 is 5.32 Å². The number of nitrogens with zero attached hydrogens (tertiary/aromatic N) is 1. The summed E-state index contributed by atoms with van der Waals surface area (Å²) in [6.07, 6.45) is 2.10. The second kappa shape index (κ2) is 7.90. The molecule has 0 aliphatic carbocycles. The number of nitrogens with one attached hydrogen (secondary N) is 2. The largest absolute Gasteiger partial charge is 0.391 e. The molecule has 0 aliphatic heterocycles. The van der Waals surface area contributed by atoms with Gasteiger partial charge in [-0.2, -0.15) is 5.10 Å². The van der Waals surface area contributed by atoms with Gasteiger partial charge in [-0.3, -0.25) is 5.10 Å². The quantitative estimate of drug-likeness (QED) is 0.627. The van der Waals surface area contributed by atoms with E-state index in [0.29, 0.717) is 19.5 Å². The molecule has 0 spiro atoms. The maximum Gasteiger partial charge on any atom is 0.0704 e. The van der Waals surface area contributed by atoms with Gasteiger partial charge >= 0.3 is 0 Å². The molecule has 0 aliphatic rings. The van der Waals surface area contributed by atoms with Crippen LogP contribution in [0.2, 0.25) is 0 Å². The standard InChI is InChI=1S/C20H23N3O/c1-15-6-5-9-17(10-15)20-18(13-22-23-20)12-21-14-19(24)11-16-7-3-2-4-8-16/h2-10,13,19,21,24H,11-12,14H2,1H3,(H,22,23). The Morgan fingerprint density at radius 1 is 1.12 bits per heavy atom. The minimum absolute atomic E-state index is 0.401. The fraction of sp³-hybridized carbons (Fsp3) is 0.250. The van der Waals surface area contributed by atoms with Crippen molar-refractivity contribution < 1.29 is 5.11 Å². The zero-order valence-electron chi connectivity index (χ0n) is 13.9. The predicted molar refractivity (Wildman–Crippen MR) is 96.6 cm³/mol. The van der Waals surface area contributed by atoms with Crippen molar-refractivity contribution in [3.05, 3.63) is 77.5 Å². The van der Waals surface area contributed by atoms with Crippen LogP contribution in [0.15, 0.2) is 60.8 Å². The van der Waals surface area contributed by atoms with Gasteiger partial charge in [0, 0.05) is 24.2 Å². The molecule has 4 nitrogen and oxygen atoms in total. The lowest BCUT2D eigenvalue weighted by atomic mass is 10.1. The summed E-state index contributed by atoms with van der Waals surface area (Å²) in [7, 11) is 0. The van der Waals surface area contributed by atoms with Crippen molar-refractivity contribution >= 4 is 0 Å². The molecule has 3 rings (SSSR count). The van der Waals surface area contributed by atoms with Crippen molar-refractivity contribution in [2.45, 2.75) is 26.0 Å². The third-order valence-corrected chi connectivity index (χ3v) is 4.03. The van der Waals surface area contributed by atoms with E-state index in [1.54, 1.807) is 0 Å². The van der Waals surface area contributed by atoms with Crippen LogP contribution in [0.25, 0.3) is 11.3 Å². The van der Waals surface area contributed by atoms with Crippen molar-refractivity contribution in [1.82, 2.24) is 15.5 Å². The van der Waals surface area contributed by atoms with Gasteiger partial charge in [-0.15, -0.1) is 0 Å². The Hall–Kier alpha value is -2.43. The minimum Gasteiger partial charge on any atom is -0.391 e. The van der Waals surface area contributed by atoms with E-state index < -0.39 is 6.10 Å². The molecule has 1 heterocycles. The molecule has 2 aromatic carbocycles. The SMILES string of the molecule is Cc1cccc(-c2[nH]ncc2CNCC(O)Cc2ccccc2)c1. The molecule has 124 valence electrons. The first kappa shape index (κ1) is 16.4. The predicted octanol–water partition coefficient (Wildman–Crippen LogP) is 3.08. The molecule has 1 unspecified atom stereocenters. The Labute approximate surface area is 142 Å². The zero-order valence-corrected chi connectivity index (χ0v) is 13.9. The van der Waals surface area contributed by atoms with Crippen molar-refractivity contribution in [3.8, 4) is 11.3 Å². The number of hydrogen-bond acceptors (Lipinski definition) is 3. The number of aliphatic hydroxyl groups is 1. The molecule has 0 saturated carbocycles. The van der Waals surface area contributed by atoms with E-state index in [-0.39, 0.29) is 0 Å². The Balaban J connectivity index is 1.55. The number of aliphatic hydroxyl groups excluding tert-OH is 1. The van der Waals surface area contributed by atoms with Crippen LogP contribution in [0.4, 0.5) is 0 Å². The average molecular weight is 321 g/mol. The highest BCUT2D eigenvalue weighted by Gasteiger charge is 2.09. The number of benzene rings is 2. The molecule has 3 aromatic rings. The highest BCUT2D eigenvalue weighted by molar-refractivity contribution is 5.63. The second-order valence-corrected chi connectivity index (χ2v) is 6.11. The number of H-pyrrole nitrogens is 1. The third-order valence-electron chi connectivity index (χ3n) is 4.03. The molecule has 0 amide bonds. The lowest BCUT2D eigenvalue weighted by Gasteiger charge is -2.12. The monoisotopic (exact) mass is 321 g/mol. The molecule has 1 aromatic heterocycles. The summed E-state index contributed by atoms with van der Waals surface area (Å²) in [5.74, 6) is 0. The fourth-order valence-corrected chi connectivity index (χ4v) is 2.83. The van der Waals surface area contributed by atoms with E-state index in [1.165, 1.54) is 5.56 Å². The minimum atomic E-state index is -0.401. The zero-order chi connectivity index (χ0) is 16.8. The molecule has 0 saturated heterocycles. The summed E-state index contributed by atoms with van der Waals surface area (Å²) in [5.41, 5.74) is 5.64. The first-order valence-corrected chi connectivity index (χ1v) is 8.24. The third kappa shape index (κ3) is 4.31. The molecule has 1 atom stereocenters. The molecule has 0 fully saturated rings. The first-order valence-electron chi connectivity index (χ1n) is 8.24. The molecule has 4 heteroatoms. The van der Waals surface area contributed by atoms with E-state index in [2.05, 4.69) is 40.6 Å². The van der Waals surface area contributed by atoms with Crippen LogP contribution in [0.5, 0.6) is 0 Å². The van der Waals surface area contributed by atoms with E-state index in [4.69, 9.17) is 0 Å². The fourth-order valence-electron chi connectivity index (χ4n) is 2.83. The van der Waals surface area contributed by atoms with Crippen molar-refractivity contribution in [1.29, 1.82) is 0 Å². The van der Waals surface area contributed by atoms with Gasteiger partial charge in [0.1, 0.15) is 0 Å². The van der Waals surface area contributed by atoms with Crippen LogP contribution in [0, 0.1) is 6.92 Å². The number of hydrogen-bond donors (Lipinski definition) is 3. The lowest BCUT2D eigenvalue weighted by Crippen LogP contribution is -2.28. The summed E-state index contributed by atoms with van der Waals surface area (Å²) in [5, 5.41) is 20.7. The van der Waals surface area contributed by atoms with Gasteiger partial charge in [-0.05, 0) is 25.0 Å². The molecule has 3 N–H and O–H groups in total. The van der Waals surface area contributed by atoms with Gasteiger partial charge in [-0.25, -0.2) is 0 Å². The van der Waals surface area contributed by atoms with Gasteiger partial charge in [0.25, 0.3) is 0 Å². The van der Waals surface area contributed by atoms with Crippen LogP contribution in [0.1, 0.15) is 16.7 Å². The lowest BCUT2D eigenvalue weighted by molar-refractivity contribution is 0.171. The Morgan fingerprint density at radius 3 is 2.75 bits per heavy atom. The number of aromatic amines is 1. The van der Waals surface area contributed by atoms with E-state index in [1.807, 2.05) is 42.6 Å². The molecule has 24 heavy (non-hydrogen) atoms. The molecular weight excluding hydrogens is 298 g/mol. The molecular formula is C20H23N3O. The topological polar surface area (TPSA) is 60.9 Å². The molecule has 0 bridgehead atoms. The summed E-state index contributed by atoms with van der Waals surface area (Å²) in [4.78, 5) is 0. The van der Waals surface area contributed by atoms with E-state index in [9.17, 15) is 5.11 Å². The summed E-state index contributed by atoms with van der Waals surface area (Å²) < 4.78 is 0. The second-order valence-electron chi connectivity index (χ2n) is 6.11. The normalized spacial score (nSPS) is 12.2. The first-order chi connectivity index (χ1) is 11.7. The van der Waals surface area contributed by atoms with Crippen LogP contribution in [-0.4, -0.2) is 28.0 Å². The number of aromatic nitrogens is 2. The Morgan fingerprint density at radius 2 is 1.96 bits per heavy atom. The van der Waals surface area contributed by atoms with Crippen LogP contribution in [0.3, 0.4) is 0 Å². The maximum absolute atomic E-state index is 10.2. The Bertz CT molecular complexity index is 767. The highest BCUT2D eigenvalue weighted by Crippen LogP contribution is 2.21. The average Bonchev–Trinajstić information content (AvgIpc) is 3.04. The van der Waals surface area contributed by atoms with E-state index >= 15 is 0 Å². The van der Waals surface area contributed by atoms with Crippen molar-refractivity contribution in [2.24, 2.45) is 0 Å². The van der Waals surface area contributed by atoms with Crippen LogP contribution >= 0.6 is 0 Å². The van der Waals surface area contributed by atoms with Gasteiger partial charge in [0.2, 0.25) is 0 Å². The van der Waals surface area contributed by atoms with Crippen molar-refractivity contribution in [2.75, 3.05) is 6.54 Å².